The molecule has 144 valence electrons. The fourth-order valence-electron chi connectivity index (χ4n) is 2.64. The van der Waals surface area contributed by atoms with Crippen molar-refractivity contribution in [2.24, 2.45) is 0 Å². The minimum absolute atomic E-state index is 0.0170. The third kappa shape index (κ3) is 4.02. The first kappa shape index (κ1) is 19.1. The predicted octanol–water partition coefficient (Wildman–Crippen LogP) is 2.42. The summed E-state index contributed by atoms with van der Waals surface area (Å²) < 4.78 is 43.5. The second-order valence-electron chi connectivity index (χ2n) is 5.66. The van der Waals surface area contributed by atoms with Gasteiger partial charge in [-0.1, -0.05) is 12.1 Å². The number of nitro benzene ring substituents is 1. The minimum atomic E-state index is -4.01. The van der Waals surface area contributed by atoms with Gasteiger partial charge in [-0.3, -0.25) is 10.1 Å². The van der Waals surface area contributed by atoms with E-state index in [1.807, 2.05) is 0 Å². The SMILES string of the molecule is COc1ccccc1Oc1ccc([N+](=O)[O-])cc1S(=O)(=O)N1CCOCC1. The van der Waals surface area contributed by atoms with E-state index in [2.05, 4.69) is 0 Å². The molecule has 1 aliphatic heterocycles. The largest absolute Gasteiger partial charge is 0.493 e. The summed E-state index contributed by atoms with van der Waals surface area (Å²) >= 11 is 0. The maximum atomic E-state index is 13.1. The molecule has 1 aliphatic rings. The van der Waals surface area contributed by atoms with Crippen molar-refractivity contribution in [1.82, 2.24) is 4.31 Å². The van der Waals surface area contributed by atoms with Crippen LogP contribution in [0.25, 0.3) is 0 Å². The zero-order chi connectivity index (χ0) is 19.4. The highest BCUT2D eigenvalue weighted by molar-refractivity contribution is 7.89. The van der Waals surface area contributed by atoms with E-state index in [0.29, 0.717) is 11.5 Å². The standard InChI is InChI=1S/C17H18N2O7S/c1-24-14-4-2-3-5-15(14)26-16-7-6-13(19(20)21)12-17(16)27(22,23)18-8-10-25-11-9-18/h2-7,12H,8-11H2,1H3. The van der Waals surface area contributed by atoms with E-state index in [1.165, 1.54) is 23.5 Å². The first-order valence-electron chi connectivity index (χ1n) is 8.10. The molecule has 0 bridgehead atoms. The summed E-state index contributed by atoms with van der Waals surface area (Å²) in [5.41, 5.74) is -0.339. The summed E-state index contributed by atoms with van der Waals surface area (Å²) in [5, 5.41) is 11.1. The molecule has 0 radical (unpaired) electrons. The van der Waals surface area contributed by atoms with Gasteiger partial charge in [-0.25, -0.2) is 8.42 Å². The number of morpholine rings is 1. The van der Waals surface area contributed by atoms with Gasteiger partial charge in [0.25, 0.3) is 5.69 Å². The summed E-state index contributed by atoms with van der Waals surface area (Å²) in [6.45, 7) is 0.853. The van der Waals surface area contributed by atoms with Gasteiger partial charge in [0.2, 0.25) is 10.0 Å². The van der Waals surface area contributed by atoms with Crippen molar-refractivity contribution < 1.29 is 27.6 Å². The van der Waals surface area contributed by atoms with Crippen molar-refractivity contribution in [3.8, 4) is 17.2 Å². The molecule has 2 aromatic carbocycles. The third-order valence-electron chi connectivity index (χ3n) is 4.01. The van der Waals surface area contributed by atoms with Gasteiger partial charge in [-0.2, -0.15) is 4.31 Å². The van der Waals surface area contributed by atoms with Crippen LogP contribution in [-0.2, 0) is 14.8 Å². The van der Waals surface area contributed by atoms with Gasteiger partial charge in [-0.15, -0.1) is 0 Å². The number of nitro groups is 1. The lowest BCUT2D eigenvalue weighted by molar-refractivity contribution is -0.385. The fourth-order valence-corrected chi connectivity index (χ4v) is 4.19. The van der Waals surface area contributed by atoms with Crippen molar-refractivity contribution in [3.05, 3.63) is 52.6 Å². The minimum Gasteiger partial charge on any atom is -0.493 e. The van der Waals surface area contributed by atoms with Crippen LogP contribution in [0.4, 0.5) is 5.69 Å². The highest BCUT2D eigenvalue weighted by Gasteiger charge is 2.31. The van der Waals surface area contributed by atoms with E-state index in [0.717, 1.165) is 6.07 Å². The lowest BCUT2D eigenvalue weighted by Crippen LogP contribution is -2.40. The maximum Gasteiger partial charge on any atom is 0.271 e. The lowest BCUT2D eigenvalue weighted by Gasteiger charge is -2.26. The number of sulfonamides is 1. The summed E-state index contributed by atoms with van der Waals surface area (Å²) in [7, 11) is -2.54. The number of non-ortho nitro benzene ring substituents is 1. The van der Waals surface area contributed by atoms with E-state index in [1.54, 1.807) is 24.3 Å². The van der Waals surface area contributed by atoms with E-state index in [9.17, 15) is 18.5 Å². The molecule has 0 unspecified atom stereocenters. The van der Waals surface area contributed by atoms with Crippen LogP contribution in [0.1, 0.15) is 0 Å². The summed E-state index contributed by atoms with van der Waals surface area (Å²) in [6.07, 6.45) is 0. The molecule has 0 N–H and O–H groups in total. The molecule has 0 spiro atoms. The molecule has 0 atom stereocenters. The number of methoxy groups -OCH3 is 1. The Kier molecular flexibility index (Phi) is 5.59. The van der Waals surface area contributed by atoms with Crippen molar-refractivity contribution in [2.45, 2.75) is 4.90 Å². The van der Waals surface area contributed by atoms with Crippen LogP contribution >= 0.6 is 0 Å². The Hall–Kier alpha value is -2.69. The molecular weight excluding hydrogens is 376 g/mol. The fraction of sp³-hybridized carbons (Fsp3) is 0.294. The number of benzene rings is 2. The number of para-hydroxylation sites is 2. The van der Waals surface area contributed by atoms with Crippen LogP contribution in [0.3, 0.4) is 0 Å². The van der Waals surface area contributed by atoms with E-state index in [-0.39, 0.29) is 42.6 Å². The Bertz CT molecular complexity index is 940. The topological polar surface area (TPSA) is 108 Å². The van der Waals surface area contributed by atoms with E-state index < -0.39 is 14.9 Å². The molecular formula is C17H18N2O7S. The van der Waals surface area contributed by atoms with Gasteiger partial charge in [0.05, 0.1) is 25.2 Å². The molecule has 1 heterocycles. The normalized spacial score (nSPS) is 15.3. The van der Waals surface area contributed by atoms with Crippen molar-refractivity contribution in [1.29, 1.82) is 0 Å². The highest BCUT2D eigenvalue weighted by atomic mass is 32.2. The third-order valence-corrected chi connectivity index (χ3v) is 5.93. The second-order valence-corrected chi connectivity index (χ2v) is 7.56. The Morgan fingerprint density at radius 3 is 2.37 bits per heavy atom. The van der Waals surface area contributed by atoms with Crippen molar-refractivity contribution in [2.75, 3.05) is 33.4 Å². The molecule has 0 aromatic heterocycles. The van der Waals surface area contributed by atoms with Crippen molar-refractivity contribution in [3.63, 3.8) is 0 Å². The van der Waals surface area contributed by atoms with Crippen LogP contribution in [0.2, 0.25) is 0 Å². The number of hydrogen-bond acceptors (Lipinski definition) is 7. The first-order valence-corrected chi connectivity index (χ1v) is 9.54. The van der Waals surface area contributed by atoms with Crippen molar-refractivity contribution >= 4 is 15.7 Å². The van der Waals surface area contributed by atoms with E-state index >= 15 is 0 Å². The van der Waals surface area contributed by atoms with Crippen LogP contribution in [0.15, 0.2) is 47.4 Å². The quantitative estimate of drug-likeness (QED) is 0.547. The monoisotopic (exact) mass is 394 g/mol. The summed E-state index contributed by atoms with van der Waals surface area (Å²) in [4.78, 5) is 10.2. The number of hydrogen-bond donors (Lipinski definition) is 0. The van der Waals surface area contributed by atoms with Crippen LogP contribution in [0, 0.1) is 10.1 Å². The zero-order valence-corrected chi connectivity index (χ0v) is 15.3. The summed E-state index contributed by atoms with van der Waals surface area (Å²) in [5.74, 6) is 0.689. The molecule has 10 heteroatoms. The van der Waals surface area contributed by atoms with Crippen LogP contribution in [-0.4, -0.2) is 51.1 Å². The molecule has 1 saturated heterocycles. The Morgan fingerprint density at radius 2 is 1.74 bits per heavy atom. The molecule has 0 amide bonds. The Labute approximate surface area is 156 Å². The molecule has 27 heavy (non-hydrogen) atoms. The number of ether oxygens (including phenoxy) is 3. The predicted molar refractivity (Wildman–Crippen MR) is 95.7 cm³/mol. The molecule has 2 aromatic rings. The second kappa shape index (κ2) is 7.91. The number of rotatable bonds is 6. The Morgan fingerprint density at radius 1 is 1.07 bits per heavy atom. The maximum absolute atomic E-state index is 13.1. The van der Waals surface area contributed by atoms with Crippen LogP contribution in [0.5, 0.6) is 17.2 Å². The average molecular weight is 394 g/mol. The highest BCUT2D eigenvalue weighted by Crippen LogP contribution is 2.37. The molecule has 0 aliphatic carbocycles. The molecule has 1 fully saturated rings. The van der Waals surface area contributed by atoms with Crippen LogP contribution < -0.4 is 9.47 Å². The van der Waals surface area contributed by atoms with Gasteiger partial charge in [0, 0.05) is 25.2 Å². The average Bonchev–Trinajstić information content (AvgIpc) is 2.69. The van der Waals surface area contributed by atoms with Gasteiger partial charge in [0.1, 0.15) is 10.6 Å². The number of nitrogens with zero attached hydrogens (tertiary/aromatic N) is 2. The van der Waals surface area contributed by atoms with Gasteiger partial charge >= 0.3 is 0 Å². The molecule has 3 rings (SSSR count). The van der Waals surface area contributed by atoms with E-state index in [4.69, 9.17) is 14.2 Å². The smallest absolute Gasteiger partial charge is 0.271 e. The first-order chi connectivity index (χ1) is 12.9. The molecule has 9 nitrogen and oxygen atoms in total. The van der Waals surface area contributed by atoms with Gasteiger partial charge < -0.3 is 14.2 Å². The Balaban J connectivity index is 2.07. The zero-order valence-electron chi connectivity index (χ0n) is 14.5. The van der Waals surface area contributed by atoms with Gasteiger partial charge in [0.15, 0.2) is 11.5 Å². The molecule has 0 saturated carbocycles. The summed E-state index contributed by atoms with van der Waals surface area (Å²) in [6, 6.07) is 10.2. The lowest BCUT2D eigenvalue weighted by atomic mass is 10.3. The van der Waals surface area contributed by atoms with Gasteiger partial charge in [-0.05, 0) is 18.2 Å².